The van der Waals surface area contributed by atoms with E-state index < -0.39 is 16.1 Å². The van der Waals surface area contributed by atoms with E-state index in [9.17, 15) is 8.42 Å². The SMILES string of the molecule is CC(NS(=O)(=O)Cc1cccnc1)c1ncccc1Cl. The van der Waals surface area contributed by atoms with Crippen LogP contribution in [-0.4, -0.2) is 18.4 Å². The quantitative estimate of drug-likeness (QED) is 0.919. The summed E-state index contributed by atoms with van der Waals surface area (Å²) in [5.74, 6) is -0.129. The van der Waals surface area contributed by atoms with Crippen molar-refractivity contribution in [3.8, 4) is 0 Å². The van der Waals surface area contributed by atoms with Gasteiger partial charge in [0.15, 0.2) is 0 Å². The molecule has 0 fully saturated rings. The summed E-state index contributed by atoms with van der Waals surface area (Å²) in [6, 6.07) is 6.29. The molecule has 0 aromatic carbocycles. The van der Waals surface area contributed by atoms with Gasteiger partial charge in [-0.2, -0.15) is 0 Å². The van der Waals surface area contributed by atoms with Gasteiger partial charge in [-0.05, 0) is 30.7 Å². The first-order valence-corrected chi connectivity index (χ1v) is 8.00. The van der Waals surface area contributed by atoms with E-state index in [1.165, 1.54) is 6.20 Å². The zero-order chi connectivity index (χ0) is 14.6. The van der Waals surface area contributed by atoms with Gasteiger partial charge in [-0.1, -0.05) is 17.7 Å². The molecule has 0 amide bonds. The van der Waals surface area contributed by atoms with Gasteiger partial charge in [0.2, 0.25) is 10.0 Å². The molecule has 2 aromatic rings. The Morgan fingerprint density at radius 3 is 2.70 bits per heavy atom. The molecular weight excluding hydrogens is 298 g/mol. The van der Waals surface area contributed by atoms with Gasteiger partial charge in [-0.3, -0.25) is 9.97 Å². The van der Waals surface area contributed by atoms with Crippen LogP contribution in [0.15, 0.2) is 42.9 Å². The fourth-order valence-electron chi connectivity index (χ4n) is 1.79. The van der Waals surface area contributed by atoms with Gasteiger partial charge in [-0.25, -0.2) is 13.1 Å². The average Bonchev–Trinajstić information content (AvgIpc) is 2.39. The Hall–Kier alpha value is -1.50. The van der Waals surface area contributed by atoms with E-state index in [-0.39, 0.29) is 5.75 Å². The minimum Gasteiger partial charge on any atom is -0.264 e. The molecule has 0 spiro atoms. The molecular formula is C13H14ClN3O2S. The number of nitrogens with zero attached hydrogens (tertiary/aromatic N) is 2. The van der Waals surface area contributed by atoms with Crippen molar-refractivity contribution in [2.75, 3.05) is 0 Å². The zero-order valence-corrected chi connectivity index (χ0v) is 12.4. The Morgan fingerprint density at radius 1 is 1.30 bits per heavy atom. The fourth-order valence-corrected chi connectivity index (χ4v) is 3.41. The molecule has 0 radical (unpaired) electrons. The van der Waals surface area contributed by atoms with Gasteiger partial charge in [0.25, 0.3) is 0 Å². The third kappa shape index (κ3) is 4.00. The van der Waals surface area contributed by atoms with Crippen LogP contribution >= 0.6 is 11.6 Å². The van der Waals surface area contributed by atoms with E-state index in [1.807, 2.05) is 0 Å². The highest BCUT2D eigenvalue weighted by Gasteiger charge is 2.19. The highest BCUT2D eigenvalue weighted by atomic mass is 35.5. The highest BCUT2D eigenvalue weighted by molar-refractivity contribution is 7.88. The van der Waals surface area contributed by atoms with E-state index in [1.54, 1.807) is 43.6 Å². The van der Waals surface area contributed by atoms with Crippen molar-refractivity contribution < 1.29 is 8.42 Å². The number of pyridine rings is 2. The fraction of sp³-hybridized carbons (Fsp3) is 0.231. The summed E-state index contributed by atoms with van der Waals surface area (Å²) in [5, 5.41) is 0.434. The van der Waals surface area contributed by atoms with Gasteiger partial charge < -0.3 is 0 Å². The molecule has 1 N–H and O–H groups in total. The number of nitrogens with one attached hydrogen (secondary N) is 1. The van der Waals surface area contributed by atoms with E-state index in [0.717, 1.165) is 0 Å². The molecule has 20 heavy (non-hydrogen) atoms. The van der Waals surface area contributed by atoms with Gasteiger partial charge in [0.1, 0.15) is 0 Å². The topological polar surface area (TPSA) is 72.0 Å². The second-order valence-corrected chi connectivity index (χ2v) is 6.49. The lowest BCUT2D eigenvalue weighted by atomic mass is 10.2. The van der Waals surface area contributed by atoms with E-state index in [0.29, 0.717) is 16.3 Å². The Labute approximate surface area is 123 Å². The Bertz CT molecular complexity index is 677. The molecule has 1 atom stereocenters. The average molecular weight is 312 g/mol. The van der Waals surface area contributed by atoms with Crippen LogP contribution in [0.1, 0.15) is 24.2 Å². The van der Waals surface area contributed by atoms with Crippen LogP contribution in [0.2, 0.25) is 5.02 Å². The van der Waals surface area contributed by atoms with Crippen molar-refractivity contribution in [2.45, 2.75) is 18.7 Å². The monoisotopic (exact) mass is 311 g/mol. The molecule has 1 unspecified atom stereocenters. The van der Waals surface area contributed by atoms with E-state index >= 15 is 0 Å². The van der Waals surface area contributed by atoms with Crippen LogP contribution in [0, 0.1) is 0 Å². The highest BCUT2D eigenvalue weighted by Crippen LogP contribution is 2.20. The third-order valence-corrected chi connectivity index (χ3v) is 4.38. The molecule has 0 saturated carbocycles. The molecule has 2 rings (SSSR count). The summed E-state index contributed by atoms with van der Waals surface area (Å²) in [4.78, 5) is 7.99. The number of hydrogen-bond acceptors (Lipinski definition) is 4. The van der Waals surface area contributed by atoms with Crippen LogP contribution in [0.3, 0.4) is 0 Å². The summed E-state index contributed by atoms with van der Waals surface area (Å²) in [5.41, 5.74) is 1.13. The van der Waals surface area contributed by atoms with Crippen molar-refractivity contribution in [1.29, 1.82) is 0 Å². The normalized spacial score (nSPS) is 13.1. The number of halogens is 1. The van der Waals surface area contributed by atoms with Crippen LogP contribution in [0.25, 0.3) is 0 Å². The van der Waals surface area contributed by atoms with Crippen LogP contribution in [0.4, 0.5) is 0 Å². The molecule has 7 heteroatoms. The summed E-state index contributed by atoms with van der Waals surface area (Å²) < 4.78 is 26.7. The first kappa shape index (κ1) is 14.9. The van der Waals surface area contributed by atoms with Gasteiger partial charge in [-0.15, -0.1) is 0 Å². The second kappa shape index (κ2) is 6.30. The van der Waals surface area contributed by atoms with E-state index in [4.69, 9.17) is 11.6 Å². The maximum absolute atomic E-state index is 12.1. The lowest BCUT2D eigenvalue weighted by molar-refractivity contribution is 0.563. The minimum atomic E-state index is -3.49. The lowest BCUT2D eigenvalue weighted by Gasteiger charge is -2.14. The number of sulfonamides is 1. The molecule has 2 aromatic heterocycles. The van der Waals surface area contributed by atoms with Gasteiger partial charge >= 0.3 is 0 Å². The molecule has 106 valence electrons. The number of aromatic nitrogens is 2. The van der Waals surface area contributed by atoms with Crippen molar-refractivity contribution in [1.82, 2.24) is 14.7 Å². The van der Waals surface area contributed by atoms with Crippen molar-refractivity contribution in [3.63, 3.8) is 0 Å². The lowest BCUT2D eigenvalue weighted by Crippen LogP contribution is -2.28. The predicted octanol–water partition coefficient (Wildman–Crippen LogP) is 2.31. The van der Waals surface area contributed by atoms with Crippen LogP contribution < -0.4 is 4.72 Å². The van der Waals surface area contributed by atoms with Crippen LogP contribution in [-0.2, 0) is 15.8 Å². The van der Waals surface area contributed by atoms with Crippen molar-refractivity contribution in [2.24, 2.45) is 0 Å². The molecule has 0 aliphatic carbocycles. The second-order valence-electron chi connectivity index (χ2n) is 4.33. The molecule has 0 saturated heterocycles. The first-order chi connectivity index (χ1) is 9.48. The maximum Gasteiger partial charge on any atom is 0.216 e. The Kier molecular flexibility index (Phi) is 4.69. The van der Waals surface area contributed by atoms with Crippen LogP contribution in [0.5, 0.6) is 0 Å². The number of hydrogen-bond donors (Lipinski definition) is 1. The summed E-state index contributed by atoms with van der Waals surface area (Å²) in [6.45, 7) is 1.70. The summed E-state index contributed by atoms with van der Waals surface area (Å²) in [6.07, 6.45) is 4.70. The molecule has 0 bridgehead atoms. The molecule has 0 aliphatic rings. The zero-order valence-electron chi connectivity index (χ0n) is 10.8. The van der Waals surface area contributed by atoms with Crippen molar-refractivity contribution >= 4 is 21.6 Å². The molecule has 5 nitrogen and oxygen atoms in total. The largest absolute Gasteiger partial charge is 0.264 e. The number of rotatable bonds is 5. The van der Waals surface area contributed by atoms with Gasteiger partial charge in [0, 0.05) is 18.6 Å². The maximum atomic E-state index is 12.1. The minimum absolute atomic E-state index is 0.129. The predicted molar refractivity (Wildman–Crippen MR) is 77.7 cm³/mol. The smallest absolute Gasteiger partial charge is 0.216 e. The summed E-state index contributed by atoms with van der Waals surface area (Å²) >= 11 is 6.00. The third-order valence-electron chi connectivity index (χ3n) is 2.63. The standard InChI is InChI=1S/C13H14ClN3O2S/c1-10(13-12(14)5-3-7-16-13)17-20(18,19)9-11-4-2-6-15-8-11/h2-8,10,17H,9H2,1H3. The van der Waals surface area contributed by atoms with Gasteiger partial charge in [0.05, 0.1) is 22.5 Å². The van der Waals surface area contributed by atoms with Crippen molar-refractivity contribution in [3.05, 3.63) is 59.1 Å². The Balaban J connectivity index is 2.11. The Morgan fingerprint density at radius 2 is 2.05 bits per heavy atom. The molecule has 2 heterocycles. The summed E-state index contributed by atoms with van der Waals surface area (Å²) in [7, 11) is -3.49. The van der Waals surface area contributed by atoms with E-state index in [2.05, 4.69) is 14.7 Å². The molecule has 0 aliphatic heterocycles. The first-order valence-electron chi connectivity index (χ1n) is 5.97.